The second-order valence-electron chi connectivity index (χ2n) is 5.12. The first-order valence-electron chi connectivity index (χ1n) is 7.83. The molecular weight excluding hydrogens is 314 g/mol. The Kier molecular flexibility index (Phi) is 12.1. The maximum absolute atomic E-state index is 11.0. The van der Waals surface area contributed by atoms with Crippen LogP contribution in [0.15, 0.2) is 25.3 Å². The molecule has 2 atom stereocenters. The summed E-state index contributed by atoms with van der Waals surface area (Å²) >= 11 is 0. The maximum Gasteiger partial charge on any atom is 0.330 e. The first-order chi connectivity index (χ1) is 11.4. The highest BCUT2D eigenvalue weighted by Crippen LogP contribution is 2.04. The largest absolute Gasteiger partial charge is 0.481 e. The van der Waals surface area contributed by atoms with Gasteiger partial charge in [0.1, 0.15) is 6.10 Å². The summed E-state index contributed by atoms with van der Waals surface area (Å²) in [4.78, 5) is 21.8. The average molecular weight is 341 g/mol. The number of carbonyl (C=O) groups is 2. The molecule has 7 nitrogen and oxygen atoms in total. The van der Waals surface area contributed by atoms with Crippen LogP contribution in [0.1, 0.15) is 33.1 Å². The van der Waals surface area contributed by atoms with Gasteiger partial charge in [-0.05, 0) is 13.8 Å². The van der Waals surface area contributed by atoms with E-state index in [0.717, 1.165) is 12.2 Å². The highest BCUT2D eigenvalue weighted by atomic mass is 16.5. The molecule has 0 aliphatic heterocycles. The Hall–Kier alpha value is -2.15. The second kappa shape index (κ2) is 13.3. The molecular formula is C17H27NO6. The lowest BCUT2D eigenvalue weighted by Crippen LogP contribution is -2.20. The van der Waals surface area contributed by atoms with Crippen molar-refractivity contribution in [1.29, 1.82) is 5.41 Å². The Labute approximate surface area is 143 Å². The Balaban J connectivity index is 3.68. The molecule has 7 heteroatoms. The van der Waals surface area contributed by atoms with Gasteiger partial charge in [0.25, 0.3) is 0 Å². The number of rotatable bonds is 13. The van der Waals surface area contributed by atoms with Crippen molar-refractivity contribution in [2.75, 3.05) is 19.8 Å². The summed E-state index contributed by atoms with van der Waals surface area (Å²) < 4.78 is 20.6. The third kappa shape index (κ3) is 12.4. The third-order valence-electron chi connectivity index (χ3n) is 2.86. The van der Waals surface area contributed by atoms with Gasteiger partial charge >= 0.3 is 11.9 Å². The van der Waals surface area contributed by atoms with E-state index in [9.17, 15) is 9.59 Å². The number of hydrogen-bond donors (Lipinski definition) is 1. The van der Waals surface area contributed by atoms with E-state index in [1.807, 2.05) is 6.92 Å². The molecule has 0 aliphatic rings. The Bertz CT molecular complexity index is 435. The molecule has 0 bridgehead atoms. The standard InChI is InChI=1S/C17H27NO6/c1-5-16(19)23-10-7-9-21-14(4)12-15(18)22-11-8-13(3)24-17(20)6-2/h5-6,13-14,18H,1-2,7-12H2,3-4H3. The van der Waals surface area contributed by atoms with Gasteiger partial charge in [0.2, 0.25) is 0 Å². The quantitative estimate of drug-likeness (QED) is 0.182. The smallest absolute Gasteiger partial charge is 0.330 e. The van der Waals surface area contributed by atoms with Gasteiger partial charge in [-0.2, -0.15) is 0 Å². The van der Waals surface area contributed by atoms with E-state index < -0.39 is 11.9 Å². The van der Waals surface area contributed by atoms with Crippen molar-refractivity contribution in [3.05, 3.63) is 25.3 Å². The third-order valence-corrected chi connectivity index (χ3v) is 2.86. The minimum absolute atomic E-state index is 0.114. The summed E-state index contributed by atoms with van der Waals surface area (Å²) in [7, 11) is 0. The van der Waals surface area contributed by atoms with Crippen LogP contribution in [0.2, 0.25) is 0 Å². The molecule has 1 N–H and O–H groups in total. The van der Waals surface area contributed by atoms with Crippen molar-refractivity contribution < 1.29 is 28.5 Å². The van der Waals surface area contributed by atoms with E-state index in [2.05, 4.69) is 13.2 Å². The van der Waals surface area contributed by atoms with Gasteiger partial charge in [0.05, 0.1) is 25.9 Å². The van der Waals surface area contributed by atoms with Crippen LogP contribution < -0.4 is 0 Å². The molecule has 0 radical (unpaired) electrons. The number of hydrogen-bond acceptors (Lipinski definition) is 7. The fraction of sp³-hybridized carbons (Fsp3) is 0.588. The highest BCUT2D eigenvalue weighted by molar-refractivity contribution is 5.81. The van der Waals surface area contributed by atoms with Crippen LogP contribution in [0.25, 0.3) is 0 Å². The van der Waals surface area contributed by atoms with Crippen molar-refractivity contribution >= 4 is 17.8 Å². The summed E-state index contributed by atoms with van der Waals surface area (Å²) in [6.45, 7) is 11.2. The summed E-state index contributed by atoms with van der Waals surface area (Å²) in [5.41, 5.74) is 0. The van der Waals surface area contributed by atoms with Crippen LogP contribution in [0, 0.1) is 5.41 Å². The van der Waals surface area contributed by atoms with E-state index in [-0.39, 0.29) is 31.3 Å². The van der Waals surface area contributed by atoms with Crippen LogP contribution in [0.4, 0.5) is 0 Å². The molecule has 0 saturated carbocycles. The summed E-state index contributed by atoms with van der Waals surface area (Å²) in [5, 5.41) is 7.73. The zero-order valence-electron chi connectivity index (χ0n) is 14.4. The molecule has 0 spiro atoms. The number of esters is 2. The molecule has 0 rings (SSSR count). The van der Waals surface area contributed by atoms with E-state index in [1.165, 1.54) is 0 Å². The molecule has 0 aliphatic carbocycles. The predicted molar refractivity (Wildman–Crippen MR) is 89.9 cm³/mol. The van der Waals surface area contributed by atoms with E-state index >= 15 is 0 Å². The number of nitrogens with one attached hydrogen (secondary N) is 1. The fourth-order valence-corrected chi connectivity index (χ4v) is 1.61. The summed E-state index contributed by atoms with van der Waals surface area (Å²) in [6.07, 6.45) is 3.15. The molecule has 0 aromatic carbocycles. The molecule has 2 unspecified atom stereocenters. The van der Waals surface area contributed by atoms with Crippen LogP contribution >= 0.6 is 0 Å². The van der Waals surface area contributed by atoms with Gasteiger partial charge < -0.3 is 18.9 Å². The molecule has 0 aromatic rings. The van der Waals surface area contributed by atoms with Gasteiger partial charge in [-0.1, -0.05) is 13.2 Å². The maximum atomic E-state index is 11.0. The van der Waals surface area contributed by atoms with Gasteiger partial charge in [0, 0.05) is 31.4 Å². The molecule has 0 fully saturated rings. The first kappa shape index (κ1) is 21.9. The molecule has 0 aromatic heterocycles. The van der Waals surface area contributed by atoms with Crippen molar-refractivity contribution in [2.45, 2.75) is 45.3 Å². The Morgan fingerprint density at radius 2 is 1.67 bits per heavy atom. The second-order valence-corrected chi connectivity index (χ2v) is 5.12. The molecule has 0 saturated heterocycles. The molecule has 0 heterocycles. The number of carbonyl (C=O) groups excluding carboxylic acids is 2. The van der Waals surface area contributed by atoms with E-state index in [0.29, 0.717) is 25.9 Å². The lowest BCUT2D eigenvalue weighted by molar-refractivity contribution is -0.142. The Morgan fingerprint density at radius 1 is 1.00 bits per heavy atom. The zero-order chi connectivity index (χ0) is 18.4. The van der Waals surface area contributed by atoms with Crippen LogP contribution in [-0.4, -0.2) is 49.9 Å². The zero-order valence-corrected chi connectivity index (χ0v) is 14.4. The Morgan fingerprint density at radius 3 is 2.29 bits per heavy atom. The van der Waals surface area contributed by atoms with Crippen LogP contribution in [0.5, 0.6) is 0 Å². The van der Waals surface area contributed by atoms with E-state index in [1.54, 1.807) is 6.92 Å². The SMILES string of the molecule is C=CC(=O)OCCCOC(C)CC(=N)OCCC(C)OC(=O)C=C. The summed E-state index contributed by atoms with van der Waals surface area (Å²) in [6, 6.07) is 0. The minimum Gasteiger partial charge on any atom is -0.481 e. The molecule has 136 valence electrons. The predicted octanol–water partition coefficient (Wildman–Crippen LogP) is 2.40. The van der Waals surface area contributed by atoms with Gasteiger partial charge in [-0.25, -0.2) is 9.59 Å². The van der Waals surface area contributed by atoms with Crippen molar-refractivity contribution in [2.24, 2.45) is 0 Å². The lowest BCUT2D eigenvalue weighted by atomic mass is 10.2. The van der Waals surface area contributed by atoms with Gasteiger partial charge in [-0.15, -0.1) is 0 Å². The van der Waals surface area contributed by atoms with Gasteiger partial charge in [-0.3, -0.25) is 5.41 Å². The topological polar surface area (TPSA) is 94.9 Å². The van der Waals surface area contributed by atoms with Gasteiger partial charge in [0.15, 0.2) is 5.90 Å². The van der Waals surface area contributed by atoms with Crippen molar-refractivity contribution in [1.82, 2.24) is 0 Å². The van der Waals surface area contributed by atoms with Crippen molar-refractivity contribution in [3.63, 3.8) is 0 Å². The average Bonchev–Trinajstić information content (AvgIpc) is 2.53. The monoisotopic (exact) mass is 341 g/mol. The highest BCUT2D eigenvalue weighted by Gasteiger charge is 2.10. The number of ether oxygens (including phenoxy) is 4. The van der Waals surface area contributed by atoms with E-state index in [4.69, 9.17) is 24.4 Å². The normalized spacial score (nSPS) is 12.6. The lowest BCUT2D eigenvalue weighted by Gasteiger charge is -2.16. The summed E-state index contributed by atoms with van der Waals surface area (Å²) in [5.74, 6) is -0.813. The van der Waals surface area contributed by atoms with Crippen LogP contribution in [-0.2, 0) is 28.5 Å². The van der Waals surface area contributed by atoms with Crippen molar-refractivity contribution in [3.8, 4) is 0 Å². The minimum atomic E-state index is -0.474. The molecule has 24 heavy (non-hydrogen) atoms. The molecule has 0 amide bonds. The fourth-order valence-electron chi connectivity index (χ4n) is 1.61. The van der Waals surface area contributed by atoms with Crippen LogP contribution in [0.3, 0.4) is 0 Å². The first-order valence-corrected chi connectivity index (χ1v) is 7.83.